The highest BCUT2D eigenvalue weighted by atomic mass is 16.1. The Morgan fingerprint density at radius 3 is 2.57 bits per heavy atom. The van der Waals surface area contributed by atoms with Gasteiger partial charge in [-0.2, -0.15) is 0 Å². The maximum atomic E-state index is 13.3. The second-order valence-corrected chi connectivity index (χ2v) is 9.11. The molecule has 0 bridgehead atoms. The smallest absolute Gasteiger partial charge is 0.258 e. The predicted octanol–water partition coefficient (Wildman–Crippen LogP) is 2.40. The maximum Gasteiger partial charge on any atom is 0.258 e. The molecule has 1 saturated carbocycles. The molecule has 3 aromatic rings. The topological polar surface area (TPSA) is 80.9 Å². The molecule has 0 unspecified atom stereocenters. The Kier molecular flexibility index (Phi) is 5.15. The summed E-state index contributed by atoms with van der Waals surface area (Å²) in [5, 5.41) is 14.1. The largest absolute Gasteiger partial charge is 0.322 e. The number of quaternary nitrogens is 1. The number of nitrogens with one attached hydrogen (secondary N) is 2. The lowest BCUT2D eigenvalue weighted by Gasteiger charge is -2.27. The number of nitrogens with zero attached hydrogens (tertiary/aromatic N) is 4. The molecular weight excluding hydrogens is 376 g/mol. The highest BCUT2D eigenvalue weighted by Crippen LogP contribution is 2.30. The van der Waals surface area contributed by atoms with Crippen LogP contribution in [0.4, 0.5) is 0 Å². The van der Waals surface area contributed by atoms with E-state index in [4.69, 9.17) is 0 Å². The summed E-state index contributed by atoms with van der Waals surface area (Å²) >= 11 is 0. The van der Waals surface area contributed by atoms with Gasteiger partial charge in [0.2, 0.25) is 5.82 Å². The summed E-state index contributed by atoms with van der Waals surface area (Å²) < 4.78 is 2.04. The first-order chi connectivity index (χ1) is 14.6. The summed E-state index contributed by atoms with van der Waals surface area (Å²) in [5.74, 6) is 0.856. The highest BCUT2D eigenvalue weighted by Gasteiger charge is 2.37. The first kappa shape index (κ1) is 19.4. The number of tetrazole rings is 1. The van der Waals surface area contributed by atoms with Crippen LogP contribution in [0.3, 0.4) is 0 Å². The fourth-order valence-corrected chi connectivity index (χ4v) is 5.44. The molecule has 30 heavy (non-hydrogen) atoms. The van der Waals surface area contributed by atoms with Gasteiger partial charge in [0.05, 0.1) is 30.2 Å². The molecule has 1 atom stereocenters. The molecule has 2 aliphatic rings. The molecule has 1 aromatic carbocycles. The van der Waals surface area contributed by atoms with Gasteiger partial charge in [-0.1, -0.05) is 31.4 Å². The van der Waals surface area contributed by atoms with E-state index < -0.39 is 0 Å². The number of fused-ring (bicyclic) bond motifs is 1. The van der Waals surface area contributed by atoms with Crippen molar-refractivity contribution < 1.29 is 4.90 Å². The van der Waals surface area contributed by atoms with E-state index in [1.165, 1.54) is 42.6 Å². The number of hydrogen-bond acceptors (Lipinski definition) is 4. The number of aromatic amines is 1. The molecule has 0 radical (unpaired) electrons. The van der Waals surface area contributed by atoms with Crippen molar-refractivity contribution in [3.05, 3.63) is 51.1 Å². The number of hydrogen-bond donors (Lipinski definition) is 2. The zero-order chi connectivity index (χ0) is 20.7. The minimum atomic E-state index is -0.127. The second kappa shape index (κ2) is 7.95. The Hall–Kier alpha value is -2.54. The number of rotatable bonds is 4. The van der Waals surface area contributed by atoms with E-state index in [1.807, 2.05) is 11.6 Å². The van der Waals surface area contributed by atoms with Crippen molar-refractivity contribution in [2.24, 2.45) is 0 Å². The van der Waals surface area contributed by atoms with Crippen LogP contribution in [0.1, 0.15) is 79.5 Å². The highest BCUT2D eigenvalue weighted by molar-refractivity contribution is 5.85. The third-order valence-electron chi connectivity index (χ3n) is 7.13. The molecule has 5 rings (SSSR count). The van der Waals surface area contributed by atoms with Gasteiger partial charge >= 0.3 is 0 Å². The zero-order valence-electron chi connectivity index (χ0n) is 17.9. The fourth-order valence-electron chi connectivity index (χ4n) is 5.44. The fraction of sp³-hybridized carbons (Fsp3) is 0.565. The van der Waals surface area contributed by atoms with Gasteiger partial charge in [0.25, 0.3) is 5.56 Å². The summed E-state index contributed by atoms with van der Waals surface area (Å²) in [5.41, 5.74) is 3.98. The van der Waals surface area contributed by atoms with Crippen molar-refractivity contribution >= 4 is 10.9 Å². The van der Waals surface area contributed by atoms with Crippen LogP contribution in [0.15, 0.2) is 23.0 Å². The van der Waals surface area contributed by atoms with Crippen LogP contribution in [0.25, 0.3) is 10.9 Å². The Morgan fingerprint density at radius 2 is 1.80 bits per heavy atom. The van der Waals surface area contributed by atoms with Crippen molar-refractivity contribution in [2.75, 3.05) is 13.1 Å². The van der Waals surface area contributed by atoms with Crippen molar-refractivity contribution in [1.82, 2.24) is 25.2 Å². The first-order valence-corrected chi connectivity index (χ1v) is 11.4. The average Bonchev–Trinajstić information content (AvgIpc) is 3.45. The number of benzene rings is 1. The average molecular weight is 408 g/mol. The van der Waals surface area contributed by atoms with E-state index in [-0.39, 0.29) is 11.6 Å². The summed E-state index contributed by atoms with van der Waals surface area (Å²) in [7, 11) is 0. The van der Waals surface area contributed by atoms with Crippen LogP contribution >= 0.6 is 0 Å². The van der Waals surface area contributed by atoms with Crippen molar-refractivity contribution in [3.63, 3.8) is 0 Å². The second-order valence-electron chi connectivity index (χ2n) is 9.11. The molecule has 1 saturated heterocycles. The molecular formula is C23H31N6O+. The quantitative estimate of drug-likeness (QED) is 0.696. The lowest BCUT2D eigenvalue weighted by atomic mass is 9.95. The van der Waals surface area contributed by atoms with Crippen LogP contribution in [0, 0.1) is 13.8 Å². The summed E-state index contributed by atoms with van der Waals surface area (Å²) in [6, 6.07) is 6.52. The van der Waals surface area contributed by atoms with Gasteiger partial charge in [0.15, 0.2) is 6.04 Å². The monoisotopic (exact) mass is 407 g/mol. The maximum absolute atomic E-state index is 13.3. The third-order valence-corrected chi connectivity index (χ3v) is 7.13. The number of aromatic nitrogens is 5. The van der Waals surface area contributed by atoms with Gasteiger partial charge < -0.3 is 9.88 Å². The molecule has 1 aliphatic carbocycles. The van der Waals surface area contributed by atoms with Gasteiger partial charge in [-0.25, -0.2) is 4.68 Å². The predicted molar refractivity (Wildman–Crippen MR) is 116 cm³/mol. The number of pyridine rings is 1. The SMILES string of the molecule is Cc1ccc(C)c2[nH]c(=O)c([C@@H](c3nnnn3C3CCCCC3)[NH+]3CCCC3)cc12. The summed E-state index contributed by atoms with van der Waals surface area (Å²) in [6.07, 6.45) is 8.33. The Morgan fingerprint density at radius 1 is 1.07 bits per heavy atom. The Bertz CT molecular complexity index is 1100. The summed E-state index contributed by atoms with van der Waals surface area (Å²) in [6.45, 7) is 6.25. The minimum Gasteiger partial charge on any atom is -0.322 e. The number of likely N-dealkylation sites (tertiary alicyclic amines) is 1. The number of H-pyrrole nitrogens is 1. The van der Waals surface area contributed by atoms with E-state index in [9.17, 15) is 4.79 Å². The first-order valence-electron chi connectivity index (χ1n) is 11.4. The van der Waals surface area contributed by atoms with Crippen LogP contribution in [-0.2, 0) is 0 Å². The van der Waals surface area contributed by atoms with E-state index in [2.05, 4.69) is 45.6 Å². The van der Waals surface area contributed by atoms with Crippen LogP contribution in [0.5, 0.6) is 0 Å². The minimum absolute atomic E-state index is 0.0150. The third kappa shape index (κ3) is 3.35. The molecule has 3 heterocycles. The molecule has 7 heteroatoms. The van der Waals surface area contributed by atoms with Crippen LogP contribution < -0.4 is 10.5 Å². The van der Waals surface area contributed by atoms with E-state index >= 15 is 0 Å². The molecule has 2 fully saturated rings. The molecule has 2 aromatic heterocycles. The van der Waals surface area contributed by atoms with Gasteiger partial charge in [0.1, 0.15) is 0 Å². The molecule has 158 valence electrons. The van der Waals surface area contributed by atoms with Crippen LogP contribution in [0.2, 0.25) is 0 Å². The number of aryl methyl sites for hydroxylation is 2. The van der Waals surface area contributed by atoms with Gasteiger partial charge in [0, 0.05) is 18.2 Å². The van der Waals surface area contributed by atoms with Gasteiger partial charge in [-0.15, -0.1) is 5.10 Å². The van der Waals surface area contributed by atoms with Crippen molar-refractivity contribution in [3.8, 4) is 0 Å². The standard InChI is InChI=1S/C23H30N6O/c1-15-10-11-16(2)20-18(15)14-19(23(30)24-20)21(28-12-6-7-13-28)22-25-26-27-29(22)17-8-4-3-5-9-17/h10-11,14,17,21H,3-9,12-13H2,1-2H3,(H,24,30)/p+1/t21-/m0/s1. The molecule has 1 aliphatic heterocycles. The molecule has 2 N–H and O–H groups in total. The van der Waals surface area contributed by atoms with Crippen LogP contribution in [-0.4, -0.2) is 38.3 Å². The molecule has 7 nitrogen and oxygen atoms in total. The van der Waals surface area contributed by atoms with Gasteiger partial charge in [-0.3, -0.25) is 4.79 Å². The zero-order valence-corrected chi connectivity index (χ0v) is 17.9. The lowest BCUT2D eigenvalue weighted by molar-refractivity contribution is -0.914. The summed E-state index contributed by atoms with van der Waals surface area (Å²) in [4.78, 5) is 17.9. The Balaban J connectivity index is 1.67. The lowest BCUT2D eigenvalue weighted by Crippen LogP contribution is -3.10. The Labute approximate surface area is 176 Å². The van der Waals surface area contributed by atoms with E-state index in [0.29, 0.717) is 6.04 Å². The molecule has 0 amide bonds. The molecule has 0 spiro atoms. The van der Waals surface area contributed by atoms with E-state index in [1.54, 1.807) is 0 Å². The van der Waals surface area contributed by atoms with Crippen molar-refractivity contribution in [1.29, 1.82) is 0 Å². The van der Waals surface area contributed by atoms with Crippen molar-refractivity contribution in [2.45, 2.75) is 70.9 Å². The van der Waals surface area contributed by atoms with E-state index in [0.717, 1.165) is 53.8 Å². The normalized spacial score (nSPS) is 19.5. The van der Waals surface area contributed by atoms with Gasteiger partial charge in [-0.05, 0) is 54.3 Å².